The highest BCUT2D eigenvalue weighted by Gasteiger charge is 2.41. The first kappa shape index (κ1) is 13.4. The van der Waals surface area contributed by atoms with E-state index in [1.807, 2.05) is 0 Å². The van der Waals surface area contributed by atoms with Crippen molar-refractivity contribution in [3.8, 4) is 0 Å². The molecular weight excluding hydrogens is 208 g/mol. The van der Waals surface area contributed by atoms with Crippen LogP contribution in [0.15, 0.2) is 0 Å². The molecule has 0 aromatic heterocycles. The van der Waals surface area contributed by atoms with Crippen LogP contribution >= 0.6 is 0 Å². The van der Waals surface area contributed by atoms with Crippen LogP contribution < -0.4 is 0 Å². The smallest absolute Gasteiger partial charge is 0.0571 e. The molecule has 0 aromatic carbocycles. The lowest BCUT2D eigenvalue weighted by Gasteiger charge is -2.33. The van der Waals surface area contributed by atoms with Crippen LogP contribution in [0.4, 0.5) is 0 Å². The van der Waals surface area contributed by atoms with Gasteiger partial charge in [-0.25, -0.2) is 0 Å². The van der Waals surface area contributed by atoms with Gasteiger partial charge in [0.1, 0.15) is 0 Å². The van der Waals surface area contributed by atoms with Gasteiger partial charge in [0, 0.05) is 0 Å². The van der Waals surface area contributed by atoms with Crippen LogP contribution in [0.3, 0.4) is 0 Å². The van der Waals surface area contributed by atoms with Gasteiger partial charge in [0.05, 0.1) is 6.10 Å². The molecule has 1 heteroatoms. The van der Waals surface area contributed by atoms with Gasteiger partial charge < -0.3 is 5.11 Å². The predicted octanol–water partition coefficient (Wildman–Crippen LogP) is 4.39. The topological polar surface area (TPSA) is 20.2 Å². The highest BCUT2D eigenvalue weighted by Crippen LogP contribution is 2.47. The van der Waals surface area contributed by atoms with Crippen molar-refractivity contribution in [1.29, 1.82) is 0 Å². The normalized spacial score (nSPS) is 37.4. The van der Waals surface area contributed by atoms with Crippen molar-refractivity contribution in [1.82, 2.24) is 0 Å². The van der Waals surface area contributed by atoms with E-state index >= 15 is 0 Å². The summed E-state index contributed by atoms with van der Waals surface area (Å²) in [7, 11) is 0. The van der Waals surface area contributed by atoms with Crippen molar-refractivity contribution in [2.45, 2.75) is 77.7 Å². The zero-order valence-electron chi connectivity index (χ0n) is 11.7. The standard InChI is InChI=1S/C16H30O/c1-12(2)6-3-4-7-13-10-11-15-14(13)8-5-9-16(15)17/h12-17H,3-11H2,1-2H3/t13-,14+,15+,16-/m0/s1. The molecule has 0 amide bonds. The van der Waals surface area contributed by atoms with Crippen LogP contribution in [0, 0.1) is 23.7 Å². The maximum Gasteiger partial charge on any atom is 0.0571 e. The lowest BCUT2D eigenvalue weighted by molar-refractivity contribution is 0.0367. The molecule has 2 fully saturated rings. The molecule has 1 N–H and O–H groups in total. The molecule has 2 saturated carbocycles. The molecule has 2 rings (SSSR count). The van der Waals surface area contributed by atoms with Crippen molar-refractivity contribution in [3.05, 3.63) is 0 Å². The highest BCUT2D eigenvalue weighted by atomic mass is 16.3. The van der Waals surface area contributed by atoms with Gasteiger partial charge in [-0.2, -0.15) is 0 Å². The molecule has 1 nitrogen and oxygen atoms in total. The predicted molar refractivity (Wildman–Crippen MR) is 72.9 cm³/mol. The number of hydrogen-bond acceptors (Lipinski definition) is 1. The van der Waals surface area contributed by atoms with Crippen molar-refractivity contribution in [3.63, 3.8) is 0 Å². The molecule has 2 aliphatic rings. The molecule has 0 aromatic rings. The third-order valence-corrected chi connectivity index (χ3v) is 5.16. The van der Waals surface area contributed by atoms with E-state index in [9.17, 15) is 5.11 Å². The second-order valence-electron chi connectivity index (χ2n) is 6.84. The van der Waals surface area contributed by atoms with Gasteiger partial charge in [-0.3, -0.25) is 0 Å². The SMILES string of the molecule is CC(C)CCCC[C@H]1CC[C@@H]2[C@@H]1CCC[C@@H]2O. The maximum absolute atomic E-state index is 10.0. The summed E-state index contributed by atoms with van der Waals surface area (Å²) < 4.78 is 0. The van der Waals surface area contributed by atoms with Crippen molar-refractivity contribution in [2.75, 3.05) is 0 Å². The third kappa shape index (κ3) is 3.47. The van der Waals surface area contributed by atoms with Crippen LogP contribution in [0.5, 0.6) is 0 Å². The largest absolute Gasteiger partial charge is 0.393 e. The number of fused-ring (bicyclic) bond motifs is 1. The Labute approximate surface area is 107 Å². The summed E-state index contributed by atoms with van der Waals surface area (Å²) in [5, 5.41) is 10.0. The Hall–Kier alpha value is -0.0400. The average Bonchev–Trinajstić information content (AvgIpc) is 2.69. The maximum atomic E-state index is 10.0. The molecule has 100 valence electrons. The van der Waals surface area contributed by atoms with Crippen LogP contribution in [-0.2, 0) is 0 Å². The molecule has 0 aliphatic heterocycles. The van der Waals surface area contributed by atoms with Crippen LogP contribution in [0.1, 0.15) is 71.6 Å². The number of aliphatic hydroxyl groups excluding tert-OH is 1. The van der Waals surface area contributed by atoms with Crippen molar-refractivity contribution in [2.24, 2.45) is 23.7 Å². The van der Waals surface area contributed by atoms with Gasteiger partial charge in [0.2, 0.25) is 0 Å². The number of unbranched alkanes of at least 4 members (excludes halogenated alkanes) is 1. The van der Waals surface area contributed by atoms with E-state index in [4.69, 9.17) is 0 Å². The minimum atomic E-state index is 0.0365. The third-order valence-electron chi connectivity index (χ3n) is 5.16. The highest BCUT2D eigenvalue weighted by molar-refractivity contribution is 4.91. The minimum Gasteiger partial charge on any atom is -0.393 e. The molecule has 4 atom stereocenters. The van der Waals surface area contributed by atoms with E-state index in [2.05, 4.69) is 13.8 Å². The number of hydrogen-bond donors (Lipinski definition) is 1. The summed E-state index contributed by atoms with van der Waals surface area (Å²) in [5.41, 5.74) is 0. The van der Waals surface area contributed by atoms with Gasteiger partial charge in [0.25, 0.3) is 0 Å². The Morgan fingerprint density at radius 1 is 1.00 bits per heavy atom. The zero-order chi connectivity index (χ0) is 12.3. The monoisotopic (exact) mass is 238 g/mol. The van der Waals surface area contributed by atoms with Crippen molar-refractivity contribution < 1.29 is 5.11 Å². The molecule has 17 heavy (non-hydrogen) atoms. The first-order valence-electron chi connectivity index (χ1n) is 7.86. The summed E-state index contributed by atoms with van der Waals surface area (Å²) in [6.45, 7) is 4.65. The van der Waals surface area contributed by atoms with Gasteiger partial charge in [-0.05, 0) is 49.4 Å². The Morgan fingerprint density at radius 3 is 2.59 bits per heavy atom. The van der Waals surface area contributed by atoms with Gasteiger partial charge in [0.15, 0.2) is 0 Å². The summed E-state index contributed by atoms with van der Waals surface area (Å²) in [4.78, 5) is 0. The van der Waals surface area contributed by atoms with E-state index in [1.54, 1.807) is 0 Å². The minimum absolute atomic E-state index is 0.0365. The second-order valence-corrected chi connectivity index (χ2v) is 6.84. The van der Waals surface area contributed by atoms with E-state index in [0.717, 1.165) is 24.2 Å². The van der Waals surface area contributed by atoms with Crippen molar-refractivity contribution >= 4 is 0 Å². The van der Waals surface area contributed by atoms with Gasteiger partial charge in [-0.1, -0.05) is 46.0 Å². The quantitative estimate of drug-likeness (QED) is 0.704. The van der Waals surface area contributed by atoms with Crippen LogP contribution in [-0.4, -0.2) is 11.2 Å². The molecule has 0 radical (unpaired) electrons. The lowest BCUT2D eigenvalue weighted by atomic mass is 9.75. The summed E-state index contributed by atoms with van der Waals surface area (Å²) in [6, 6.07) is 0. The average molecular weight is 238 g/mol. The van der Waals surface area contributed by atoms with E-state index in [1.165, 1.54) is 51.4 Å². The van der Waals surface area contributed by atoms with Gasteiger partial charge >= 0.3 is 0 Å². The molecule has 0 heterocycles. The Balaban J connectivity index is 1.71. The summed E-state index contributed by atoms with van der Waals surface area (Å²) >= 11 is 0. The molecule has 2 aliphatic carbocycles. The Bertz CT molecular complexity index is 224. The lowest BCUT2D eigenvalue weighted by Crippen LogP contribution is -2.30. The number of aliphatic hydroxyl groups is 1. The first-order chi connectivity index (χ1) is 8.18. The van der Waals surface area contributed by atoms with Crippen LogP contribution in [0.2, 0.25) is 0 Å². The molecule has 0 spiro atoms. The fourth-order valence-corrected chi connectivity index (χ4v) is 4.21. The number of rotatable bonds is 5. The first-order valence-corrected chi connectivity index (χ1v) is 7.86. The molecular formula is C16H30O. The summed E-state index contributed by atoms with van der Waals surface area (Å²) in [5.74, 6) is 3.35. The van der Waals surface area contributed by atoms with E-state index < -0.39 is 0 Å². The summed E-state index contributed by atoms with van der Waals surface area (Å²) in [6.07, 6.45) is 12.1. The Kier molecular flexibility index (Phi) is 4.90. The molecule has 0 bridgehead atoms. The van der Waals surface area contributed by atoms with Crippen LogP contribution in [0.25, 0.3) is 0 Å². The molecule has 0 saturated heterocycles. The van der Waals surface area contributed by atoms with Gasteiger partial charge in [-0.15, -0.1) is 0 Å². The second kappa shape index (κ2) is 6.22. The zero-order valence-corrected chi connectivity index (χ0v) is 11.7. The van der Waals surface area contributed by atoms with E-state index in [-0.39, 0.29) is 6.10 Å². The molecule has 0 unspecified atom stereocenters. The van der Waals surface area contributed by atoms with E-state index in [0.29, 0.717) is 5.92 Å². The Morgan fingerprint density at radius 2 is 1.82 bits per heavy atom. The fraction of sp³-hybridized carbons (Fsp3) is 1.00. The fourth-order valence-electron chi connectivity index (χ4n) is 4.21.